The van der Waals surface area contributed by atoms with Crippen LogP contribution in [0, 0.1) is 5.92 Å². The lowest BCUT2D eigenvalue weighted by Gasteiger charge is -2.17. The van der Waals surface area contributed by atoms with Gasteiger partial charge in [0.2, 0.25) is 16.9 Å². The van der Waals surface area contributed by atoms with Crippen molar-refractivity contribution in [3.8, 4) is 16.5 Å². The molecule has 222 valence electrons. The Balaban J connectivity index is 0.000000182. The standard InChI is InChI=1S/C15H14N2OS.C8H15NO.C7H11NO3S/c1-10(2)18-15-14(13-8-5-9-19-13)16-11-6-3-4-7-12(11)17-15;1-7(2)8(10)9-5-3-4-6-9;1-6(2)8-12(9,10)7-4-3-5-11-7/h3-10H,1-2H3;7H,3-6H2,1-2H3;3-6,8H,1-2H3. The molecule has 1 N–H and O–H groups in total. The highest BCUT2D eigenvalue weighted by Gasteiger charge is 2.20. The lowest BCUT2D eigenvalue weighted by Crippen LogP contribution is -2.31. The molecule has 9 nitrogen and oxygen atoms in total. The van der Waals surface area contributed by atoms with Crippen LogP contribution in [0.3, 0.4) is 0 Å². The Kier molecular flexibility index (Phi) is 11.9. The zero-order chi connectivity index (χ0) is 30.0. The van der Waals surface area contributed by atoms with Gasteiger partial charge in [-0.25, -0.2) is 23.1 Å². The third-order valence-electron chi connectivity index (χ3n) is 5.70. The number of nitrogens with zero attached hydrogens (tertiary/aromatic N) is 3. The smallest absolute Gasteiger partial charge is 0.274 e. The molecule has 1 aliphatic heterocycles. The number of aromatic nitrogens is 2. The number of carbonyl (C=O) groups is 1. The number of ether oxygens (including phenoxy) is 1. The molecule has 0 atom stereocenters. The van der Waals surface area contributed by atoms with Crippen LogP contribution in [0.15, 0.2) is 69.7 Å². The zero-order valence-electron chi connectivity index (χ0n) is 24.5. The second-order valence-corrected chi connectivity index (χ2v) is 13.0. The first-order valence-electron chi connectivity index (χ1n) is 13.8. The highest BCUT2D eigenvalue weighted by molar-refractivity contribution is 7.89. The van der Waals surface area contributed by atoms with Gasteiger partial charge >= 0.3 is 0 Å². The van der Waals surface area contributed by atoms with Crippen molar-refractivity contribution >= 4 is 38.3 Å². The molecule has 41 heavy (non-hydrogen) atoms. The van der Waals surface area contributed by atoms with Crippen molar-refractivity contribution in [1.29, 1.82) is 0 Å². The second kappa shape index (κ2) is 15.1. The van der Waals surface area contributed by atoms with Crippen molar-refractivity contribution in [1.82, 2.24) is 19.6 Å². The van der Waals surface area contributed by atoms with Crippen LogP contribution in [0.25, 0.3) is 21.6 Å². The highest BCUT2D eigenvalue weighted by Crippen LogP contribution is 2.32. The Hall–Kier alpha value is -3.28. The van der Waals surface area contributed by atoms with Gasteiger partial charge < -0.3 is 14.1 Å². The van der Waals surface area contributed by atoms with E-state index in [0.717, 1.165) is 34.7 Å². The Morgan fingerprint density at radius 2 is 1.61 bits per heavy atom. The van der Waals surface area contributed by atoms with Crippen molar-refractivity contribution < 1.29 is 22.4 Å². The first-order valence-corrected chi connectivity index (χ1v) is 16.2. The summed E-state index contributed by atoms with van der Waals surface area (Å²) in [5.41, 5.74) is 2.57. The summed E-state index contributed by atoms with van der Waals surface area (Å²) in [7, 11) is -3.43. The number of likely N-dealkylation sites (tertiary alicyclic amines) is 1. The van der Waals surface area contributed by atoms with Gasteiger partial charge in [-0.1, -0.05) is 32.0 Å². The molecule has 1 fully saturated rings. The van der Waals surface area contributed by atoms with Gasteiger partial charge in [-0.3, -0.25) is 4.79 Å². The summed E-state index contributed by atoms with van der Waals surface area (Å²) in [6.45, 7) is 13.4. The van der Waals surface area contributed by atoms with Crippen LogP contribution in [0.2, 0.25) is 0 Å². The summed E-state index contributed by atoms with van der Waals surface area (Å²) in [5, 5.41) is 1.99. The molecule has 0 aliphatic carbocycles. The van der Waals surface area contributed by atoms with Gasteiger partial charge in [-0.15, -0.1) is 11.3 Å². The largest absolute Gasteiger partial charge is 0.473 e. The lowest BCUT2D eigenvalue weighted by atomic mass is 10.2. The Labute approximate surface area is 247 Å². The summed E-state index contributed by atoms with van der Waals surface area (Å²) < 4.78 is 35.6. The lowest BCUT2D eigenvalue weighted by molar-refractivity contribution is -0.133. The molecule has 4 aromatic rings. The van der Waals surface area contributed by atoms with Gasteiger partial charge in [-0.05, 0) is 76.2 Å². The van der Waals surface area contributed by atoms with Crippen LogP contribution in [-0.4, -0.2) is 54.4 Å². The van der Waals surface area contributed by atoms with Crippen LogP contribution >= 0.6 is 11.3 Å². The third-order valence-corrected chi connectivity index (χ3v) is 8.12. The molecule has 0 saturated carbocycles. The number of carbonyl (C=O) groups excluding carboxylic acids is 1. The number of fused-ring (bicyclic) bond motifs is 1. The van der Waals surface area contributed by atoms with Gasteiger partial charge in [0, 0.05) is 25.0 Å². The van der Waals surface area contributed by atoms with Crippen LogP contribution in [0.5, 0.6) is 5.88 Å². The minimum absolute atomic E-state index is 0.0452. The molecular formula is C30H40N4O5S2. The average molecular weight is 601 g/mol. The van der Waals surface area contributed by atoms with Crippen molar-refractivity contribution in [2.45, 2.75) is 71.6 Å². The number of sulfonamides is 1. The fraction of sp³-hybridized carbons (Fsp3) is 0.433. The van der Waals surface area contributed by atoms with Crippen LogP contribution < -0.4 is 9.46 Å². The maximum atomic E-state index is 11.3. The number of furan rings is 1. The summed E-state index contributed by atoms with van der Waals surface area (Å²) in [6.07, 6.45) is 3.79. The monoisotopic (exact) mass is 600 g/mol. The molecule has 11 heteroatoms. The van der Waals surface area contributed by atoms with Crippen molar-refractivity contribution in [3.63, 3.8) is 0 Å². The number of para-hydroxylation sites is 2. The number of thiophene rings is 1. The molecule has 0 unspecified atom stereocenters. The maximum Gasteiger partial charge on any atom is 0.274 e. The summed E-state index contributed by atoms with van der Waals surface area (Å²) in [6, 6.07) is 14.7. The molecule has 1 aliphatic rings. The van der Waals surface area contributed by atoms with Crippen LogP contribution in [0.4, 0.5) is 0 Å². The average Bonchev–Trinajstić information content (AvgIpc) is 3.71. The van der Waals surface area contributed by atoms with E-state index >= 15 is 0 Å². The van der Waals surface area contributed by atoms with E-state index in [2.05, 4.69) is 9.71 Å². The molecule has 0 spiro atoms. The number of benzene rings is 1. The number of hydrogen-bond donors (Lipinski definition) is 1. The number of nitrogens with one attached hydrogen (secondary N) is 1. The molecular weight excluding hydrogens is 560 g/mol. The molecule has 1 saturated heterocycles. The molecule has 0 radical (unpaired) electrons. The van der Waals surface area contributed by atoms with E-state index in [0.29, 0.717) is 11.8 Å². The van der Waals surface area contributed by atoms with Crippen molar-refractivity contribution in [2.24, 2.45) is 5.92 Å². The Bertz CT molecular complexity index is 1460. The van der Waals surface area contributed by atoms with Crippen molar-refractivity contribution in [2.75, 3.05) is 13.1 Å². The first-order chi connectivity index (χ1) is 19.5. The fourth-order valence-corrected chi connectivity index (χ4v) is 5.83. The van der Waals surface area contributed by atoms with Crippen molar-refractivity contribution in [3.05, 3.63) is 60.2 Å². The molecule has 1 aromatic carbocycles. The van der Waals surface area contributed by atoms with Gasteiger partial charge in [0.1, 0.15) is 5.69 Å². The highest BCUT2D eigenvalue weighted by atomic mass is 32.2. The normalized spacial score (nSPS) is 13.2. The summed E-state index contributed by atoms with van der Waals surface area (Å²) in [4.78, 5) is 23.6. The zero-order valence-corrected chi connectivity index (χ0v) is 26.2. The quantitative estimate of drug-likeness (QED) is 0.262. The van der Waals surface area contributed by atoms with E-state index in [1.165, 1.54) is 31.2 Å². The topological polar surface area (TPSA) is 115 Å². The predicted molar refractivity (Wildman–Crippen MR) is 163 cm³/mol. The van der Waals surface area contributed by atoms with Gasteiger partial charge in [0.25, 0.3) is 10.0 Å². The number of hydrogen-bond acceptors (Lipinski definition) is 8. The first kappa shape index (κ1) is 32.2. The Morgan fingerprint density at radius 3 is 2.12 bits per heavy atom. The van der Waals surface area contributed by atoms with Gasteiger partial charge in [0.15, 0.2) is 0 Å². The van der Waals surface area contributed by atoms with E-state index in [4.69, 9.17) is 14.1 Å². The molecule has 3 aromatic heterocycles. The van der Waals surface area contributed by atoms with E-state index < -0.39 is 10.0 Å². The SMILES string of the molecule is CC(C)C(=O)N1CCCC1.CC(C)NS(=O)(=O)c1ccco1.CC(C)Oc1nc2ccccc2nc1-c1cccs1. The van der Waals surface area contributed by atoms with E-state index in [1.807, 2.05) is 74.4 Å². The molecule has 4 heterocycles. The third kappa shape index (κ3) is 9.65. The van der Waals surface area contributed by atoms with Crippen LogP contribution in [-0.2, 0) is 14.8 Å². The summed E-state index contributed by atoms with van der Waals surface area (Å²) in [5.74, 6) is 1.10. The Morgan fingerprint density at radius 1 is 0.951 bits per heavy atom. The van der Waals surface area contributed by atoms with E-state index in [9.17, 15) is 13.2 Å². The van der Waals surface area contributed by atoms with E-state index in [-0.39, 0.29) is 23.2 Å². The van der Waals surface area contributed by atoms with Crippen LogP contribution in [0.1, 0.15) is 54.4 Å². The maximum absolute atomic E-state index is 11.3. The summed E-state index contributed by atoms with van der Waals surface area (Å²) >= 11 is 1.64. The molecule has 5 rings (SSSR count). The van der Waals surface area contributed by atoms with E-state index in [1.54, 1.807) is 25.2 Å². The number of amides is 1. The predicted octanol–water partition coefficient (Wildman–Crippen LogP) is 6.38. The minimum Gasteiger partial charge on any atom is -0.473 e. The second-order valence-electron chi connectivity index (χ2n) is 10.4. The van der Waals surface area contributed by atoms with Gasteiger partial charge in [0.05, 0.1) is 28.3 Å². The molecule has 1 amide bonds. The number of rotatable bonds is 7. The van der Waals surface area contributed by atoms with Gasteiger partial charge in [-0.2, -0.15) is 0 Å². The molecule has 0 bridgehead atoms. The minimum atomic E-state index is -3.43. The fourth-order valence-electron chi connectivity index (χ4n) is 3.95.